The summed E-state index contributed by atoms with van der Waals surface area (Å²) in [7, 11) is 3.86. The molecule has 1 unspecified atom stereocenters. The average molecular weight is 197 g/mol. The van der Waals surface area contributed by atoms with Gasteiger partial charge in [0.05, 0.1) is 18.8 Å². The fraction of sp³-hybridized carbons (Fsp3) is 0.700. The number of hydrogen-bond donors (Lipinski definition) is 1. The van der Waals surface area contributed by atoms with Crippen molar-refractivity contribution in [2.45, 2.75) is 19.4 Å². The zero-order valence-corrected chi connectivity index (χ0v) is 9.16. The molecule has 0 saturated carbocycles. The van der Waals surface area contributed by atoms with Crippen molar-refractivity contribution in [2.75, 3.05) is 20.3 Å². The Hall–Kier alpha value is -0.870. The Labute approximate surface area is 85.3 Å². The highest BCUT2D eigenvalue weighted by Crippen LogP contribution is 2.11. The van der Waals surface area contributed by atoms with Crippen molar-refractivity contribution >= 4 is 0 Å². The second kappa shape index (κ2) is 5.78. The second-order valence-electron chi connectivity index (χ2n) is 3.36. The van der Waals surface area contributed by atoms with E-state index < -0.39 is 0 Å². The fourth-order valence-electron chi connectivity index (χ4n) is 1.31. The van der Waals surface area contributed by atoms with E-state index in [4.69, 9.17) is 4.74 Å². The van der Waals surface area contributed by atoms with E-state index in [2.05, 4.69) is 17.3 Å². The van der Waals surface area contributed by atoms with E-state index in [0.29, 0.717) is 6.61 Å². The largest absolute Gasteiger partial charge is 0.379 e. The van der Waals surface area contributed by atoms with Gasteiger partial charge in [0.15, 0.2) is 0 Å². The molecule has 0 aliphatic rings. The smallest absolute Gasteiger partial charge is 0.0662 e. The molecule has 14 heavy (non-hydrogen) atoms. The standard InChI is InChI=1S/C10H19N3O/c1-4-5-14-8-10(11-2)9-6-12-13(3)7-9/h6-7,10-11H,4-5,8H2,1-3H3. The minimum atomic E-state index is 0.246. The Morgan fingerprint density at radius 1 is 1.64 bits per heavy atom. The van der Waals surface area contributed by atoms with E-state index in [0.717, 1.165) is 13.0 Å². The molecule has 0 radical (unpaired) electrons. The van der Waals surface area contributed by atoms with Crippen LogP contribution in [0.15, 0.2) is 12.4 Å². The first-order chi connectivity index (χ1) is 6.77. The lowest BCUT2D eigenvalue weighted by atomic mass is 10.2. The highest BCUT2D eigenvalue weighted by Gasteiger charge is 2.10. The number of nitrogens with one attached hydrogen (secondary N) is 1. The van der Waals surface area contributed by atoms with Gasteiger partial charge in [-0.1, -0.05) is 6.92 Å². The molecule has 1 heterocycles. The van der Waals surface area contributed by atoms with Crippen LogP contribution in [0.2, 0.25) is 0 Å². The minimum absolute atomic E-state index is 0.246. The van der Waals surface area contributed by atoms with Crippen molar-refractivity contribution in [3.8, 4) is 0 Å². The predicted molar refractivity (Wildman–Crippen MR) is 56.1 cm³/mol. The van der Waals surface area contributed by atoms with Crippen LogP contribution in [-0.2, 0) is 11.8 Å². The summed E-state index contributed by atoms with van der Waals surface area (Å²) in [4.78, 5) is 0. The van der Waals surface area contributed by atoms with Crippen LogP contribution in [0, 0.1) is 0 Å². The summed E-state index contributed by atoms with van der Waals surface area (Å²) in [6.45, 7) is 3.63. The molecular weight excluding hydrogens is 178 g/mol. The van der Waals surface area contributed by atoms with Crippen molar-refractivity contribution < 1.29 is 4.74 Å². The molecular formula is C10H19N3O. The van der Waals surface area contributed by atoms with E-state index in [-0.39, 0.29) is 6.04 Å². The lowest BCUT2D eigenvalue weighted by Gasteiger charge is -2.14. The van der Waals surface area contributed by atoms with Gasteiger partial charge in [-0.3, -0.25) is 4.68 Å². The number of rotatable bonds is 6. The fourth-order valence-corrected chi connectivity index (χ4v) is 1.31. The number of aromatic nitrogens is 2. The second-order valence-corrected chi connectivity index (χ2v) is 3.36. The van der Waals surface area contributed by atoms with Crippen LogP contribution in [0.5, 0.6) is 0 Å². The van der Waals surface area contributed by atoms with Gasteiger partial charge in [0.2, 0.25) is 0 Å². The number of ether oxygens (including phenoxy) is 1. The van der Waals surface area contributed by atoms with Crippen LogP contribution in [0.3, 0.4) is 0 Å². The molecule has 1 aromatic rings. The minimum Gasteiger partial charge on any atom is -0.379 e. The van der Waals surface area contributed by atoms with E-state index >= 15 is 0 Å². The van der Waals surface area contributed by atoms with Gasteiger partial charge in [0.25, 0.3) is 0 Å². The highest BCUT2D eigenvalue weighted by molar-refractivity contribution is 5.09. The lowest BCUT2D eigenvalue weighted by molar-refractivity contribution is 0.114. The van der Waals surface area contributed by atoms with Gasteiger partial charge in [0, 0.05) is 25.4 Å². The molecule has 0 fully saturated rings. The van der Waals surface area contributed by atoms with Gasteiger partial charge in [-0.05, 0) is 13.5 Å². The first-order valence-electron chi connectivity index (χ1n) is 5.01. The summed E-state index contributed by atoms with van der Waals surface area (Å²) in [5.41, 5.74) is 1.17. The quantitative estimate of drug-likeness (QED) is 0.694. The number of aryl methyl sites for hydroxylation is 1. The van der Waals surface area contributed by atoms with Crippen molar-refractivity contribution in [1.29, 1.82) is 0 Å². The summed E-state index contributed by atoms with van der Waals surface area (Å²) in [5, 5.41) is 7.35. The van der Waals surface area contributed by atoms with Crippen LogP contribution in [0.1, 0.15) is 24.9 Å². The molecule has 0 aliphatic carbocycles. The third kappa shape index (κ3) is 3.12. The van der Waals surface area contributed by atoms with Crippen LogP contribution in [-0.4, -0.2) is 30.0 Å². The molecule has 0 saturated heterocycles. The van der Waals surface area contributed by atoms with Gasteiger partial charge in [-0.25, -0.2) is 0 Å². The molecule has 0 aliphatic heterocycles. The maximum absolute atomic E-state index is 5.50. The Morgan fingerprint density at radius 2 is 2.43 bits per heavy atom. The third-order valence-corrected chi connectivity index (χ3v) is 2.11. The van der Waals surface area contributed by atoms with Crippen LogP contribution in [0.25, 0.3) is 0 Å². The molecule has 4 nitrogen and oxygen atoms in total. The molecule has 1 atom stereocenters. The maximum Gasteiger partial charge on any atom is 0.0662 e. The van der Waals surface area contributed by atoms with Crippen molar-refractivity contribution in [1.82, 2.24) is 15.1 Å². The van der Waals surface area contributed by atoms with E-state index in [1.54, 1.807) is 4.68 Å². The number of hydrogen-bond acceptors (Lipinski definition) is 3. The normalized spacial score (nSPS) is 13.1. The molecule has 1 aromatic heterocycles. The van der Waals surface area contributed by atoms with E-state index in [9.17, 15) is 0 Å². The number of nitrogens with zero attached hydrogens (tertiary/aromatic N) is 2. The zero-order valence-electron chi connectivity index (χ0n) is 9.16. The van der Waals surface area contributed by atoms with Gasteiger partial charge in [-0.15, -0.1) is 0 Å². The Balaban J connectivity index is 2.45. The first-order valence-corrected chi connectivity index (χ1v) is 5.01. The third-order valence-electron chi connectivity index (χ3n) is 2.11. The summed E-state index contributed by atoms with van der Waals surface area (Å²) in [6.07, 6.45) is 4.94. The predicted octanol–water partition coefficient (Wildman–Crippen LogP) is 1.11. The Morgan fingerprint density at radius 3 is 2.93 bits per heavy atom. The Bertz CT molecular complexity index is 260. The van der Waals surface area contributed by atoms with Crippen LogP contribution < -0.4 is 5.32 Å². The molecule has 1 rings (SSSR count). The van der Waals surface area contributed by atoms with E-state index in [1.807, 2.05) is 26.5 Å². The maximum atomic E-state index is 5.50. The van der Waals surface area contributed by atoms with Crippen LogP contribution in [0.4, 0.5) is 0 Å². The molecule has 0 aromatic carbocycles. The summed E-state index contributed by atoms with van der Waals surface area (Å²) in [5.74, 6) is 0. The van der Waals surface area contributed by atoms with Crippen molar-refractivity contribution in [3.63, 3.8) is 0 Å². The molecule has 0 spiro atoms. The van der Waals surface area contributed by atoms with Crippen molar-refractivity contribution in [3.05, 3.63) is 18.0 Å². The molecule has 80 valence electrons. The van der Waals surface area contributed by atoms with Gasteiger partial charge < -0.3 is 10.1 Å². The monoisotopic (exact) mass is 197 g/mol. The summed E-state index contributed by atoms with van der Waals surface area (Å²) >= 11 is 0. The summed E-state index contributed by atoms with van der Waals surface area (Å²) < 4.78 is 7.31. The zero-order chi connectivity index (χ0) is 10.4. The van der Waals surface area contributed by atoms with E-state index in [1.165, 1.54) is 5.56 Å². The Kier molecular flexibility index (Phi) is 4.62. The van der Waals surface area contributed by atoms with Gasteiger partial charge in [0.1, 0.15) is 0 Å². The average Bonchev–Trinajstić information content (AvgIpc) is 2.60. The molecule has 0 bridgehead atoms. The SMILES string of the molecule is CCCOCC(NC)c1cnn(C)c1. The lowest BCUT2D eigenvalue weighted by Crippen LogP contribution is -2.21. The number of likely N-dealkylation sites (N-methyl/N-ethyl adjacent to an activating group) is 1. The van der Waals surface area contributed by atoms with Gasteiger partial charge >= 0.3 is 0 Å². The topological polar surface area (TPSA) is 39.1 Å². The first kappa shape index (κ1) is 11.2. The molecule has 0 amide bonds. The van der Waals surface area contributed by atoms with Crippen molar-refractivity contribution in [2.24, 2.45) is 7.05 Å². The summed E-state index contributed by atoms with van der Waals surface area (Å²) in [6, 6.07) is 0.246. The van der Waals surface area contributed by atoms with Gasteiger partial charge in [-0.2, -0.15) is 5.10 Å². The van der Waals surface area contributed by atoms with Crippen LogP contribution >= 0.6 is 0 Å². The molecule has 4 heteroatoms. The highest BCUT2D eigenvalue weighted by atomic mass is 16.5. The molecule has 1 N–H and O–H groups in total.